The van der Waals surface area contributed by atoms with Crippen LogP contribution < -0.4 is 89.6 Å². The number of phenolic OH excluding ortho intramolecular Hbond substituents is 1. The van der Waals surface area contributed by atoms with Crippen molar-refractivity contribution < 1.29 is 97.7 Å². The van der Waals surface area contributed by atoms with Gasteiger partial charge in [-0.25, -0.2) is 4.79 Å². The third-order valence-electron chi connectivity index (χ3n) is 7.06. The van der Waals surface area contributed by atoms with Crippen LogP contribution in [-0.2, 0) is 33.7 Å². The SMILES string of the molecule is C=CCNCC(=O)N1[C@@H](NC(=O)NCc2ccccc2)CN(Cc2ccc(OC)c(Cl)c2)C(=O)[C@@H]1Cc1ccc(O)cc1.O=[P+]([O-])[O-].[Na+].[Na+]. The Labute approximate surface area is 335 Å². The number of carbonyl (C=O) groups is 3. The van der Waals surface area contributed by atoms with Crippen molar-refractivity contribution >= 4 is 37.7 Å². The van der Waals surface area contributed by atoms with Crippen molar-refractivity contribution in [3.63, 3.8) is 0 Å². The quantitative estimate of drug-likeness (QED) is 0.0621. The second-order valence-electron chi connectivity index (χ2n) is 10.3. The van der Waals surface area contributed by atoms with E-state index in [1.807, 2.05) is 36.4 Å². The Morgan fingerprint density at radius 3 is 2.29 bits per heavy atom. The summed E-state index contributed by atoms with van der Waals surface area (Å²) in [4.78, 5) is 60.9. The molecule has 13 nitrogen and oxygen atoms in total. The van der Waals surface area contributed by atoms with Crippen LogP contribution >= 0.6 is 19.9 Å². The van der Waals surface area contributed by atoms with E-state index in [4.69, 9.17) is 30.7 Å². The predicted molar refractivity (Wildman–Crippen MR) is 172 cm³/mol. The summed E-state index contributed by atoms with van der Waals surface area (Å²) in [5.41, 5.74) is 2.43. The number of aromatic hydroxyl groups is 1. The number of hydrogen-bond acceptors (Lipinski definition) is 9. The van der Waals surface area contributed by atoms with E-state index in [-0.39, 0.29) is 109 Å². The molecule has 0 unspecified atom stereocenters. The molecule has 0 aromatic heterocycles. The third kappa shape index (κ3) is 14.7. The van der Waals surface area contributed by atoms with Crippen LogP contribution in [0.3, 0.4) is 0 Å². The number of rotatable bonds is 12. The molecule has 3 aromatic carbocycles. The summed E-state index contributed by atoms with van der Waals surface area (Å²) in [6.07, 6.45) is 0.981. The fourth-order valence-electron chi connectivity index (χ4n) is 4.96. The first kappa shape index (κ1) is 44.5. The Morgan fingerprint density at radius 1 is 1.06 bits per heavy atom. The van der Waals surface area contributed by atoms with E-state index in [1.165, 1.54) is 24.1 Å². The van der Waals surface area contributed by atoms with E-state index in [0.29, 0.717) is 17.3 Å². The zero-order valence-corrected chi connectivity index (χ0v) is 33.3. The molecule has 0 bridgehead atoms. The van der Waals surface area contributed by atoms with Gasteiger partial charge in [-0.3, -0.25) is 9.59 Å². The van der Waals surface area contributed by atoms with Gasteiger partial charge in [0.1, 0.15) is 23.7 Å². The van der Waals surface area contributed by atoms with Crippen LogP contribution in [0.1, 0.15) is 16.7 Å². The van der Waals surface area contributed by atoms with E-state index < -0.39 is 26.5 Å². The van der Waals surface area contributed by atoms with E-state index in [9.17, 15) is 19.5 Å². The van der Waals surface area contributed by atoms with Gasteiger partial charge in [0, 0.05) is 26.1 Å². The monoisotopic (exact) mass is 730 g/mol. The molecule has 1 aliphatic heterocycles. The molecule has 1 fully saturated rings. The Morgan fingerprint density at radius 2 is 1.69 bits per heavy atom. The standard InChI is InChI=1S/C32H36ClN5O5.2Na.HO3P/c1-3-15-34-19-30(40)38-27(17-22-9-12-25(39)13-10-22)31(41)37(20-24-11-14-28(43-2)26(33)16-24)21-29(38)36-32(42)35-18-23-7-5-4-6-8-23;;;1-4(2)3/h3-14,16,27,29,34,39H,1,15,17-21H2,2H3,(H2,35,36,42);;;(H,1,2,3)/q;2*+1;/p-1/t27-,29+;;;/m0.../s1. The molecular formula is C32H36ClN5Na2O8P+. The van der Waals surface area contributed by atoms with Crippen LogP contribution in [-0.4, -0.2) is 71.7 Å². The number of nitrogens with zero attached hydrogens (tertiary/aromatic N) is 2. The molecule has 4 rings (SSSR count). The van der Waals surface area contributed by atoms with Crippen molar-refractivity contribution in [1.82, 2.24) is 25.8 Å². The molecule has 17 heteroatoms. The van der Waals surface area contributed by atoms with Crippen molar-refractivity contribution in [2.24, 2.45) is 0 Å². The maximum atomic E-state index is 14.1. The average molecular weight is 731 g/mol. The number of benzene rings is 3. The molecule has 49 heavy (non-hydrogen) atoms. The number of nitrogens with one attached hydrogen (secondary N) is 3. The third-order valence-corrected chi connectivity index (χ3v) is 7.36. The second kappa shape index (κ2) is 23.0. The summed E-state index contributed by atoms with van der Waals surface area (Å²) < 4.78 is 13.7. The molecule has 250 valence electrons. The first-order valence-corrected chi connectivity index (χ1v) is 15.9. The van der Waals surface area contributed by atoms with Gasteiger partial charge in [0.15, 0.2) is 0 Å². The molecule has 1 heterocycles. The molecule has 1 saturated heterocycles. The summed E-state index contributed by atoms with van der Waals surface area (Å²) in [7, 11) is -1.84. The molecule has 3 aromatic rings. The van der Waals surface area contributed by atoms with Crippen molar-refractivity contribution in [2.75, 3.05) is 26.7 Å². The van der Waals surface area contributed by atoms with E-state index >= 15 is 0 Å². The van der Waals surface area contributed by atoms with Gasteiger partial charge >= 0.3 is 65.1 Å². The number of amides is 4. The zero-order chi connectivity index (χ0) is 34.3. The van der Waals surface area contributed by atoms with Gasteiger partial charge in [-0.05, 0) is 41.0 Å². The molecule has 4 amide bonds. The Hall–Kier alpha value is -2.52. The van der Waals surface area contributed by atoms with Gasteiger partial charge in [-0.15, -0.1) is 6.58 Å². The largest absolute Gasteiger partial charge is 1.00 e. The summed E-state index contributed by atoms with van der Waals surface area (Å²) in [5, 5.41) is 19.0. The first-order chi connectivity index (χ1) is 22.5. The fraction of sp³-hybridized carbons (Fsp3) is 0.281. The smallest absolute Gasteiger partial charge is 0.598 e. The molecule has 2 atom stereocenters. The van der Waals surface area contributed by atoms with E-state index in [0.717, 1.165) is 16.7 Å². The zero-order valence-electron chi connectivity index (χ0n) is 27.6. The van der Waals surface area contributed by atoms with Crippen LogP contribution in [0.15, 0.2) is 85.5 Å². The van der Waals surface area contributed by atoms with Crippen LogP contribution in [0.4, 0.5) is 4.79 Å². The van der Waals surface area contributed by atoms with Crippen LogP contribution in [0.25, 0.3) is 0 Å². The van der Waals surface area contributed by atoms with Crippen molar-refractivity contribution in [1.29, 1.82) is 0 Å². The van der Waals surface area contributed by atoms with Crippen LogP contribution in [0.5, 0.6) is 11.5 Å². The molecule has 0 aliphatic carbocycles. The maximum Gasteiger partial charge on any atom is 1.00 e. The molecule has 0 saturated carbocycles. The maximum absolute atomic E-state index is 14.1. The van der Waals surface area contributed by atoms with Gasteiger partial charge in [-0.2, -0.15) is 0 Å². The minimum Gasteiger partial charge on any atom is -0.598 e. The van der Waals surface area contributed by atoms with Gasteiger partial charge in [-0.1, -0.05) is 70.8 Å². The Balaban J connectivity index is 0.00000189. The Bertz CT molecular complexity index is 1540. The number of urea groups is 1. The van der Waals surface area contributed by atoms with E-state index in [1.54, 1.807) is 35.2 Å². The number of piperazine rings is 1. The fourth-order valence-corrected chi connectivity index (χ4v) is 5.24. The van der Waals surface area contributed by atoms with E-state index in [2.05, 4.69) is 22.5 Å². The molecule has 0 radical (unpaired) electrons. The summed E-state index contributed by atoms with van der Waals surface area (Å²) in [5.74, 6) is -0.0220. The molecule has 4 N–H and O–H groups in total. The Kier molecular flexibility index (Phi) is 20.9. The van der Waals surface area contributed by atoms with Gasteiger partial charge in [0.05, 0.1) is 25.2 Å². The number of methoxy groups -OCH3 is 1. The van der Waals surface area contributed by atoms with Crippen molar-refractivity contribution in [3.8, 4) is 11.5 Å². The van der Waals surface area contributed by atoms with Crippen LogP contribution in [0.2, 0.25) is 5.02 Å². The average Bonchev–Trinajstić information content (AvgIpc) is 3.03. The second-order valence-corrected chi connectivity index (χ2v) is 11.2. The predicted octanol–water partition coefficient (Wildman–Crippen LogP) is -4.19. The topological polar surface area (TPSA) is 186 Å². The summed E-state index contributed by atoms with van der Waals surface area (Å²) in [6.45, 7) is 4.57. The van der Waals surface area contributed by atoms with Gasteiger partial charge < -0.3 is 45.4 Å². The normalized spacial score (nSPS) is 15.0. The van der Waals surface area contributed by atoms with Crippen LogP contribution in [0, 0.1) is 0 Å². The minimum absolute atomic E-state index is 0. The van der Waals surface area contributed by atoms with Gasteiger partial charge in [0.25, 0.3) is 8.25 Å². The van der Waals surface area contributed by atoms with Crippen molar-refractivity contribution in [2.45, 2.75) is 31.7 Å². The molecule has 0 spiro atoms. The number of phenols is 1. The number of ether oxygens (including phenoxy) is 1. The summed E-state index contributed by atoms with van der Waals surface area (Å²) >= 11 is 6.36. The first-order valence-electron chi connectivity index (χ1n) is 14.4. The number of carbonyl (C=O) groups excluding carboxylic acids is 3. The van der Waals surface area contributed by atoms with Crippen molar-refractivity contribution in [3.05, 3.63) is 107 Å². The number of halogens is 1. The minimum atomic E-state index is -3.37. The molecule has 1 aliphatic rings. The van der Waals surface area contributed by atoms with Gasteiger partial charge in [0.2, 0.25) is 11.8 Å². The molecular weight excluding hydrogens is 695 g/mol. The summed E-state index contributed by atoms with van der Waals surface area (Å²) in [6, 6.07) is 19.8. The number of hydrogen-bond donors (Lipinski definition) is 4.